The summed E-state index contributed by atoms with van der Waals surface area (Å²) >= 11 is 5.51. The standard InChI is InChI=1S/C16H28N6O3S2/c1-13-9-20(10-14(2)25-13)27(23,24)19-7-5-18(6-8-19)12-22-16(26)21(11-17-22)15-3-4-15/h11,13-15H,3-10,12H2,1-2H3/t13-,14-/m1/s1. The Bertz CT molecular complexity index is 815. The van der Waals surface area contributed by atoms with Gasteiger partial charge in [0.05, 0.1) is 18.9 Å². The minimum Gasteiger partial charge on any atom is -0.373 e. The smallest absolute Gasteiger partial charge is 0.282 e. The van der Waals surface area contributed by atoms with Crippen molar-refractivity contribution in [2.24, 2.45) is 0 Å². The van der Waals surface area contributed by atoms with E-state index in [9.17, 15) is 8.42 Å². The van der Waals surface area contributed by atoms with Crippen LogP contribution in [-0.4, -0.2) is 87.8 Å². The molecule has 1 saturated carbocycles. The first-order chi connectivity index (χ1) is 12.8. The Balaban J connectivity index is 1.35. The van der Waals surface area contributed by atoms with Gasteiger partial charge in [-0.05, 0) is 38.9 Å². The predicted molar refractivity (Wildman–Crippen MR) is 103 cm³/mol. The quantitative estimate of drug-likeness (QED) is 0.657. The molecule has 2 atom stereocenters. The first kappa shape index (κ1) is 19.5. The fourth-order valence-corrected chi connectivity index (χ4v) is 5.87. The van der Waals surface area contributed by atoms with E-state index in [1.165, 1.54) is 12.8 Å². The van der Waals surface area contributed by atoms with Gasteiger partial charge in [0, 0.05) is 45.3 Å². The van der Waals surface area contributed by atoms with E-state index in [-0.39, 0.29) is 12.2 Å². The second-order valence-electron chi connectivity index (χ2n) is 7.79. The zero-order chi connectivity index (χ0) is 19.2. The van der Waals surface area contributed by atoms with Crippen molar-refractivity contribution in [1.82, 2.24) is 27.9 Å². The Hall–Kier alpha value is -0.850. The molecule has 0 N–H and O–H groups in total. The average Bonchev–Trinajstić information content (AvgIpc) is 3.40. The van der Waals surface area contributed by atoms with E-state index in [0.717, 1.165) is 4.77 Å². The number of hydrogen-bond acceptors (Lipinski definition) is 6. The largest absolute Gasteiger partial charge is 0.373 e. The highest BCUT2D eigenvalue weighted by Gasteiger charge is 2.36. The molecule has 1 aliphatic carbocycles. The molecule has 152 valence electrons. The molecule has 11 heteroatoms. The summed E-state index contributed by atoms with van der Waals surface area (Å²) < 4.78 is 39.4. The molecule has 4 rings (SSSR count). The molecule has 0 spiro atoms. The van der Waals surface area contributed by atoms with Crippen molar-refractivity contribution in [2.45, 2.75) is 51.6 Å². The first-order valence-electron chi connectivity index (χ1n) is 9.61. The highest BCUT2D eigenvalue weighted by Crippen LogP contribution is 2.34. The third-order valence-corrected chi connectivity index (χ3v) is 7.79. The number of nitrogens with zero attached hydrogens (tertiary/aromatic N) is 6. The summed E-state index contributed by atoms with van der Waals surface area (Å²) in [6.45, 7) is 7.60. The van der Waals surface area contributed by atoms with E-state index in [1.807, 2.05) is 24.9 Å². The molecule has 1 aromatic rings. The van der Waals surface area contributed by atoms with Crippen LogP contribution in [0.15, 0.2) is 6.33 Å². The van der Waals surface area contributed by atoms with Crippen LogP contribution in [0.1, 0.15) is 32.7 Å². The van der Waals surface area contributed by atoms with E-state index in [0.29, 0.717) is 52.0 Å². The Morgan fingerprint density at radius 3 is 2.33 bits per heavy atom. The van der Waals surface area contributed by atoms with Gasteiger partial charge in [-0.2, -0.15) is 22.1 Å². The molecule has 0 radical (unpaired) electrons. The van der Waals surface area contributed by atoms with Crippen LogP contribution in [-0.2, 0) is 21.6 Å². The Morgan fingerprint density at radius 2 is 1.74 bits per heavy atom. The number of hydrogen-bond donors (Lipinski definition) is 0. The molecule has 0 aromatic carbocycles. The summed E-state index contributed by atoms with van der Waals surface area (Å²) in [5.74, 6) is 0. The number of ether oxygens (including phenoxy) is 1. The molecule has 0 bridgehead atoms. The summed E-state index contributed by atoms with van der Waals surface area (Å²) in [6, 6.07) is 0.520. The zero-order valence-corrected chi connectivity index (χ0v) is 17.5. The van der Waals surface area contributed by atoms with Crippen molar-refractivity contribution < 1.29 is 13.2 Å². The van der Waals surface area contributed by atoms with E-state index in [4.69, 9.17) is 17.0 Å². The molecule has 2 aliphatic heterocycles. The molecule has 3 fully saturated rings. The Morgan fingerprint density at radius 1 is 1.11 bits per heavy atom. The minimum absolute atomic E-state index is 0.0757. The van der Waals surface area contributed by atoms with Gasteiger partial charge in [0.1, 0.15) is 6.33 Å². The number of aromatic nitrogens is 3. The Labute approximate surface area is 165 Å². The van der Waals surface area contributed by atoms with Crippen LogP contribution in [0.5, 0.6) is 0 Å². The highest BCUT2D eigenvalue weighted by atomic mass is 32.2. The van der Waals surface area contributed by atoms with E-state index in [1.54, 1.807) is 8.61 Å². The molecule has 1 aromatic heterocycles. The maximum Gasteiger partial charge on any atom is 0.282 e. The summed E-state index contributed by atoms with van der Waals surface area (Å²) in [7, 11) is -3.44. The molecular formula is C16H28N6O3S2. The molecule has 9 nitrogen and oxygen atoms in total. The lowest BCUT2D eigenvalue weighted by molar-refractivity contribution is -0.0458. The topological polar surface area (TPSA) is 75.8 Å². The normalized spacial score (nSPS) is 29.3. The summed E-state index contributed by atoms with van der Waals surface area (Å²) in [5, 5.41) is 4.41. The highest BCUT2D eigenvalue weighted by molar-refractivity contribution is 7.86. The summed E-state index contributed by atoms with van der Waals surface area (Å²) in [6.07, 6.45) is 4.02. The van der Waals surface area contributed by atoms with Gasteiger partial charge in [0.2, 0.25) is 0 Å². The van der Waals surface area contributed by atoms with Crippen molar-refractivity contribution >= 4 is 22.4 Å². The second kappa shape index (κ2) is 7.53. The van der Waals surface area contributed by atoms with Gasteiger partial charge in [-0.1, -0.05) is 0 Å². The van der Waals surface area contributed by atoms with E-state index in [2.05, 4.69) is 14.6 Å². The molecule has 3 aliphatic rings. The van der Waals surface area contributed by atoms with Gasteiger partial charge < -0.3 is 9.30 Å². The lowest BCUT2D eigenvalue weighted by atomic mass is 10.3. The van der Waals surface area contributed by atoms with Crippen LogP contribution in [0.25, 0.3) is 0 Å². The van der Waals surface area contributed by atoms with Crippen molar-refractivity contribution in [3.05, 3.63) is 11.1 Å². The van der Waals surface area contributed by atoms with Gasteiger partial charge in [-0.15, -0.1) is 0 Å². The van der Waals surface area contributed by atoms with Crippen LogP contribution in [0, 0.1) is 4.77 Å². The monoisotopic (exact) mass is 416 g/mol. The zero-order valence-electron chi connectivity index (χ0n) is 15.9. The van der Waals surface area contributed by atoms with Gasteiger partial charge in [-0.3, -0.25) is 4.90 Å². The maximum atomic E-state index is 13.0. The predicted octanol–water partition coefficient (Wildman–Crippen LogP) is 0.678. The fourth-order valence-electron chi connectivity index (χ4n) is 3.82. The Kier molecular flexibility index (Phi) is 5.43. The van der Waals surface area contributed by atoms with Crippen LogP contribution in [0.2, 0.25) is 0 Å². The van der Waals surface area contributed by atoms with Crippen LogP contribution >= 0.6 is 12.2 Å². The van der Waals surface area contributed by atoms with Crippen molar-refractivity contribution in [1.29, 1.82) is 0 Å². The summed E-state index contributed by atoms with van der Waals surface area (Å²) in [4.78, 5) is 2.20. The van der Waals surface area contributed by atoms with Crippen LogP contribution in [0.4, 0.5) is 0 Å². The van der Waals surface area contributed by atoms with E-state index >= 15 is 0 Å². The molecule has 0 amide bonds. The van der Waals surface area contributed by atoms with Crippen LogP contribution < -0.4 is 0 Å². The first-order valence-corrected chi connectivity index (χ1v) is 11.4. The third-order valence-electron chi connectivity index (χ3n) is 5.40. The minimum atomic E-state index is -3.44. The fraction of sp³-hybridized carbons (Fsp3) is 0.875. The van der Waals surface area contributed by atoms with E-state index < -0.39 is 10.2 Å². The molecule has 2 saturated heterocycles. The van der Waals surface area contributed by atoms with Crippen LogP contribution in [0.3, 0.4) is 0 Å². The van der Waals surface area contributed by atoms with Gasteiger partial charge in [0.25, 0.3) is 10.2 Å². The number of piperazine rings is 1. The van der Waals surface area contributed by atoms with Crippen molar-refractivity contribution in [3.8, 4) is 0 Å². The second-order valence-corrected chi connectivity index (χ2v) is 10.1. The summed E-state index contributed by atoms with van der Waals surface area (Å²) in [5.41, 5.74) is 0. The molecular weight excluding hydrogens is 388 g/mol. The molecule has 3 heterocycles. The lowest BCUT2D eigenvalue weighted by Crippen LogP contribution is -2.57. The van der Waals surface area contributed by atoms with Crippen molar-refractivity contribution in [3.63, 3.8) is 0 Å². The number of rotatable bonds is 5. The maximum absolute atomic E-state index is 13.0. The molecule has 0 unspecified atom stereocenters. The van der Waals surface area contributed by atoms with Gasteiger partial charge in [-0.25, -0.2) is 4.68 Å². The van der Waals surface area contributed by atoms with Crippen molar-refractivity contribution in [2.75, 3.05) is 39.3 Å². The number of morpholine rings is 1. The lowest BCUT2D eigenvalue weighted by Gasteiger charge is -2.40. The SMILES string of the molecule is C[C@@H]1CN(S(=O)(=O)N2CCN(Cn3ncn(C4CC4)c3=S)CC2)C[C@@H](C)O1. The van der Waals surface area contributed by atoms with Gasteiger partial charge in [0.15, 0.2) is 4.77 Å². The third kappa shape index (κ3) is 4.13. The average molecular weight is 417 g/mol. The molecule has 27 heavy (non-hydrogen) atoms. The van der Waals surface area contributed by atoms with Gasteiger partial charge >= 0.3 is 0 Å².